The summed E-state index contributed by atoms with van der Waals surface area (Å²) in [5.41, 5.74) is 1.90. The van der Waals surface area contributed by atoms with E-state index in [0.717, 1.165) is 5.56 Å². The lowest BCUT2D eigenvalue weighted by Crippen LogP contribution is -2.41. The van der Waals surface area contributed by atoms with Crippen LogP contribution in [0, 0.1) is 17.1 Å². The lowest BCUT2D eigenvalue weighted by atomic mass is 9.83. The summed E-state index contributed by atoms with van der Waals surface area (Å²) < 4.78 is 23.9. The third-order valence-electron chi connectivity index (χ3n) is 5.98. The second-order valence-corrected chi connectivity index (χ2v) is 10.3. The summed E-state index contributed by atoms with van der Waals surface area (Å²) in [6.45, 7) is 14.3. The molecule has 208 valence electrons. The van der Waals surface area contributed by atoms with Gasteiger partial charge in [-0.2, -0.15) is 0 Å². The Morgan fingerprint density at radius 3 is 2.21 bits per heavy atom. The van der Waals surface area contributed by atoms with Gasteiger partial charge in [0.25, 0.3) is 0 Å². The number of methoxy groups -OCH3 is 1. The molecule has 3 rings (SSSR count). The average Bonchev–Trinajstić information content (AvgIpc) is 2.89. The zero-order valence-corrected chi connectivity index (χ0v) is 23.8. The molecule has 0 spiro atoms. The van der Waals surface area contributed by atoms with Gasteiger partial charge in [0.1, 0.15) is 17.2 Å². The number of piperidine rings is 1. The Balaban J connectivity index is 0.00000247. The van der Waals surface area contributed by atoms with Crippen molar-refractivity contribution in [2.45, 2.75) is 72.8 Å². The standard InChI is InChI=1S/C27H35FN4O4.C2H6/c1-16(2)23(29)22-20(17-11-13-32(14-12-17)26(34)36-27(3,4)5)15-21(25(33)35-6)31-24(22)30-19-9-7-18(28)8-10-19;1-2/h7-10,15-17,29H,11-14H2,1-6H3,(H,30,31);1-2H3. The zero-order valence-electron chi connectivity index (χ0n) is 23.8. The van der Waals surface area contributed by atoms with Crippen molar-refractivity contribution < 1.29 is 23.5 Å². The van der Waals surface area contributed by atoms with Gasteiger partial charge in [-0.25, -0.2) is 19.0 Å². The molecule has 1 aliphatic rings. The minimum Gasteiger partial charge on any atom is -0.464 e. The van der Waals surface area contributed by atoms with Gasteiger partial charge in [-0.3, -0.25) is 0 Å². The van der Waals surface area contributed by atoms with Gasteiger partial charge in [0, 0.05) is 30.1 Å². The molecule has 9 heteroatoms. The van der Waals surface area contributed by atoms with Crippen LogP contribution >= 0.6 is 0 Å². The zero-order chi connectivity index (χ0) is 28.6. The monoisotopic (exact) mass is 528 g/mol. The van der Waals surface area contributed by atoms with Crippen molar-refractivity contribution in [3.8, 4) is 0 Å². The van der Waals surface area contributed by atoms with Crippen LogP contribution in [-0.2, 0) is 9.47 Å². The van der Waals surface area contributed by atoms with E-state index >= 15 is 0 Å². The molecule has 0 unspecified atom stereocenters. The Morgan fingerprint density at radius 1 is 1.13 bits per heavy atom. The quantitative estimate of drug-likeness (QED) is 0.312. The first-order valence-electron chi connectivity index (χ1n) is 13.1. The number of esters is 1. The van der Waals surface area contributed by atoms with Gasteiger partial charge in [0.2, 0.25) is 0 Å². The van der Waals surface area contributed by atoms with Crippen LogP contribution < -0.4 is 5.32 Å². The number of nitrogens with one attached hydrogen (secondary N) is 2. The van der Waals surface area contributed by atoms with E-state index < -0.39 is 11.6 Å². The Morgan fingerprint density at radius 2 is 1.71 bits per heavy atom. The van der Waals surface area contributed by atoms with Gasteiger partial charge in [0.15, 0.2) is 5.69 Å². The topological polar surface area (TPSA) is 105 Å². The maximum atomic E-state index is 13.5. The Hall–Kier alpha value is -3.49. The smallest absolute Gasteiger partial charge is 0.410 e. The maximum Gasteiger partial charge on any atom is 0.410 e. The number of aromatic nitrogens is 1. The number of carbonyl (C=O) groups is 2. The minimum absolute atomic E-state index is 0.0158. The van der Waals surface area contributed by atoms with Crippen LogP contribution in [0.15, 0.2) is 30.3 Å². The van der Waals surface area contributed by atoms with Gasteiger partial charge in [-0.1, -0.05) is 27.7 Å². The number of nitrogens with zero attached hydrogens (tertiary/aromatic N) is 2. The van der Waals surface area contributed by atoms with Crippen molar-refractivity contribution in [1.82, 2.24) is 9.88 Å². The molecule has 38 heavy (non-hydrogen) atoms. The van der Waals surface area contributed by atoms with Crippen LogP contribution in [0.4, 0.5) is 20.7 Å². The molecule has 1 aromatic carbocycles. The highest BCUT2D eigenvalue weighted by molar-refractivity contribution is 6.06. The van der Waals surface area contributed by atoms with Gasteiger partial charge < -0.3 is 25.1 Å². The third-order valence-corrected chi connectivity index (χ3v) is 5.98. The van der Waals surface area contributed by atoms with Crippen molar-refractivity contribution in [2.75, 3.05) is 25.5 Å². The summed E-state index contributed by atoms with van der Waals surface area (Å²) in [6.07, 6.45) is 0.927. The molecule has 2 heterocycles. The van der Waals surface area contributed by atoms with Crippen molar-refractivity contribution in [1.29, 1.82) is 5.41 Å². The predicted molar refractivity (Wildman–Crippen MR) is 148 cm³/mol. The van der Waals surface area contributed by atoms with Crippen LogP contribution in [0.25, 0.3) is 0 Å². The molecule has 1 amide bonds. The van der Waals surface area contributed by atoms with E-state index in [9.17, 15) is 14.0 Å². The van der Waals surface area contributed by atoms with E-state index in [1.807, 2.05) is 48.5 Å². The van der Waals surface area contributed by atoms with Gasteiger partial charge in [0.05, 0.1) is 7.11 Å². The largest absolute Gasteiger partial charge is 0.464 e. The highest BCUT2D eigenvalue weighted by atomic mass is 19.1. The molecule has 0 aliphatic carbocycles. The molecule has 0 bridgehead atoms. The van der Waals surface area contributed by atoms with E-state index in [1.54, 1.807) is 23.1 Å². The predicted octanol–water partition coefficient (Wildman–Crippen LogP) is 6.92. The number of hydrogen-bond donors (Lipinski definition) is 2. The number of ether oxygens (including phenoxy) is 2. The minimum atomic E-state index is -0.591. The van der Waals surface area contributed by atoms with E-state index in [0.29, 0.717) is 48.7 Å². The highest BCUT2D eigenvalue weighted by Gasteiger charge is 2.31. The van der Waals surface area contributed by atoms with Crippen molar-refractivity contribution in [2.24, 2.45) is 5.92 Å². The molecular weight excluding hydrogens is 487 g/mol. The summed E-state index contributed by atoms with van der Waals surface area (Å²) in [6, 6.07) is 7.50. The number of pyridine rings is 1. The highest BCUT2D eigenvalue weighted by Crippen LogP contribution is 2.36. The molecular formula is C29H41FN4O4. The molecule has 0 radical (unpaired) electrons. The van der Waals surface area contributed by atoms with Gasteiger partial charge >= 0.3 is 12.1 Å². The maximum absolute atomic E-state index is 13.5. The van der Waals surface area contributed by atoms with Crippen molar-refractivity contribution in [3.05, 3.63) is 53.0 Å². The Labute approximate surface area is 225 Å². The normalized spacial score (nSPS) is 13.9. The molecule has 2 N–H and O–H groups in total. The Bertz CT molecular complexity index is 1120. The molecule has 1 saturated heterocycles. The SMILES string of the molecule is CC.COC(=O)c1cc(C2CCN(C(=O)OC(C)(C)C)CC2)c(C(=N)C(C)C)c(Nc2ccc(F)cc2)n1. The molecule has 1 fully saturated rings. The van der Waals surface area contributed by atoms with Gasteiger partial charge in [-0.15, -0.1) is 0 Å². The van der Waals surface area contributed by atoms with Crippen molar-refractivity contribution in [3.63, 3.8) is 0 Å². The van der Waals surface area contributed by atoms with Crippen LogP contribution in [0.5, 0.6) is 0 Å². The number of hydrogen-bond acceptors (Lipinski definition) is 7. The number of likely N-dealkylation sites (tertiary alicyclic amines) is 1. The first-order valence-corrected chi connectivity index (χ1v) is 13.1. The second-order valence-electron chi connectivity index (χ2n) is 10.3. The first kappa shape index (κ1) is 30.7. The lowest BCUT2D eigenvalue weighted by molar-refractivity contribution is 0.0204. The summed E-state index contributed by atoms with van der Waals surface area (Å²) >= 11 is 0. The van der Waals surface area contributed by atoms with Crippen LogP contribution in [0.3, 0.4) is 0 Å². The average molecular weight is 529 g/mol. The molecule has 0 saturated carbocycles. The number of carbonyl (C=O) groups excluding carboxylic acids is 2. The lowest BCUT2D eigenvalue weighted by Gasteiger charge is -2.34. The first-order chi connectivity index (χ1) is 17.9. The van der Waals surface area contributed by atoms with Crippen LogP contribution in [0.2, 0.25) is 0 Å². The summed E-state index contributed by atoms with van der Waals surface area (Å²) in [5, 5.41) is 12.0. The van der Waals surface area contributed by atoms with Crippen LogP contribution in [0.1, 0.15) is 88.8 Å². The molecule has 1 aromatic heterocycles. The van der Waals surface area contributed by atoms with Gasteiger partial charge in [-0.05, 0) is 81.3 Å². The molecule has 1 aliphatic heterocycles. The number of halogens is 1. The molecule has 8 nitrogen and oxygen atoms in total. The fourth-order valence-electron chi connectivity index (χ4n) is 4.13. The number of rotatable bonds is 6. The summed E-state index contributed by atoms with van der Waals surface area (Å²) in [5.74, 6) is -0.743. The van der Waals surface area contributed by atoms with E-state index in [4.69, 9.17) is 14.9 Å². The van der Waals surface area contributed by atoms with Crippen molar-refractivity contribution >= 4 is 29.3 Å². The van der Waals surface area contributed by atoms with E-state index in [-0.39, 0.29) is 29.4 Å². The summed E-state index contributed by atoms with van der Waals surface area (Å²) in [7, 11) is 1.29. The second kappa shape index (κ2) is 13.3. The molecule has 2 aromatic rings. The fourth-order valence-corrected chi connectivity index (χ4v) is 4.13. The number of benzene rings is 1. The van der Waals surface area contributed by atoms with E-state index in [2.05, 4.69) is 10.3 Å². The Kier molecular flexibility index (Phi) is 10.8. The fraction of sp³-hybridized carbons (Fsp3) is 0.517. The molecule has 0 atom stereocenters. The van der Waals surface area contributed by atoms with Crippen LogP contribution in [-0.4, -0.2) is 53.5 Å². The third kappa shape index (κ3) is 8.00. The van der Waals surface area contributed by atoms with E-state index in [1.165, 1.54) is 19.2 Å². The number of anilines is 2. The number of amides is 1. The summed E-state index contributed by atoms with van der Waals surface area (Å²) in [4.78, 5) is 31.2.